The van der Waals surface area contributed by atoms with Crippen molar-refractivity contribution in [2.75, 3.05) is 42.4 Å². The first kappa shape index (κ1) is 19.4. The smallest absolute Gasteiger partial charge is 0.397 e. The van der Waals surface area contributed by atoms with Gasteiger partial charge in [-0.1, -0.05) is 0 Å². The van der Waals surface area contributed by atoms with E-state index in [1.807, 2.05) is 5.01 Å². The highest BCUT2D eigenvalue weighted by Gasteiger charge is 2.34. The van der Waals surface area contributed by atoms with Crippen molar-refractivity contribution in [3.05, 3.63) is 28.4 Å². The molecule has 13 heteroatoms. The molecule has 0 spiro atoms. The van der Waals surface area contributed by atoms with Crippen LogP contribution in [0.3, 0.4) is 0 Å². The Balaban J connectivity index is 1.59. The standard InChI is InChI=1S/C16H15F3N6O3S/c1-8-6-9(16(17,18)19)21-15-11(8)12(20)13(29-15)14(26)22-10-7-25(23-28-10)24-2-4-27-5-3-24/h6-7H,2-5H2,1H3,(H2-,20,22,23,26)/p+1. The number of hydrogen-bond acceptors (Lipinski definition) is 8. The van der Waals surface area contributed by atoms with Gasteiger partial charge in [0.1, 0.15) is 15.4 Å². The van der Waals surface area contributed by atoms with Crippen LogP contribution in [0.2, 0.25) is 0 Å². The Morgan fingerprint density at radius 2 is 2.10 bits per heavy atom. The molecule has 0 aromatic carbocycles. The number of fused-ring (bicyclic) bond motifs is 1. The van der Waals surface area contributed by atoms with Gasteiger partial charge in [0.2, 0.25) is 5.27 Å². The SMILES string of the molecule is Cc1cc(C(F)(F)F)nc2sc(C(=O)Nc3c[n+](N4CCOCC4)no3)c(N)c12. The maximum atomic E-state index is 13.0. The molecule has 0 atom stereocenters. The summed E-state index contributed by atoms with van der Waals surface area (Å²) in [5, 5.41) is 8.55. The lowest BCUT2D eigenvalue weighted by atomic mass is 10.1. The number of nitrogen functional groups attached to an aromatic ring is 1. The zero-order chi connectivity index (χ0) is 20.8. The van der Waals surface area contributed by atoms with E-state index in [0.29, 0.717) is 37.3 Å². The number of nitrogens with one attached hydrogen (secondary N) is 1. The predicted molar refractivity (Wildman–Crippen MR) is 97.2 cm³/mol. The fraction of sp³-hybridized carbons (Fsp3) is 0.375. The van der Waals surface area contributed by atoms with E-state index in [0.717, 1.165) is 17.4 Å². The number of morpholine rings is 1. The number of ether oxygens (including phenoxy) is 1. The Hall–Kier alpha value is -2.93. The number of hydrogen-bond donors (Lipinski definition) is 2. The van der Waals surface area contributed by atoms with Crippen LogP contribution in [0, 0.1) is 6.92 Å². The molecule has 3 aromatic heterocycles. The van der Waals surface area contributed by atoms with E-state index in [2.05, 4.69) is 15.6 Å². The highest BCUT2D eigenvalue weighted by atomic mass is 32.1. The molecule has 4 heterocycles. The second-order valence-corrected chi connectivity index (χ2v) is 7.35. The molecule has 1 saturated heterocycles. The minimum Gasteiger partial charge on any atom is -0.397 e. The summed E-state index contributed by atoms with van der Waals surface area (Å²) in [7, 11) is 0. The Morgan fingerprint density at radius 3 is 2.79 bits per heavy atom. The maximum absolute atomic E-state index is 13.0. The molecule has 1 amide bonds. The fourth-order valence-electron chi connectivity index (χ4n) is 2.98. The number of aryl methyl sites for hydroxylation is 1. The molecule has 0 aliphatic carbocycles. The van der Waals surface area contributed by atoms with Crippen molar-refractivity contribution >= 4 is 39.0 Å². The van der Waals surface area contributed by atoms with Crippen molar-refractivity contribution < 1.29 is 32.0 Å². The van der Waals surface area contributed by atoms with Gasteiger partial charge in [0.15, 0.2) is 0 Å². The predicted octanol–water partition coefficient (Wildman–Crippen LogP) is 1.70. The molecule has 29 heavy (non-hydrogen) atoms. The van der Waals surface area contributed by atoms with Gasteiger partial charge in [-0.2, -0.15) is 13.2 Å². The van der Waals surface area contributed by atoms with Gasteiger partial charge in [-0.3, -0.25) is 14.6 Å². The van der Waals surface area contributed by atoms with Gasteiger partial charge in [-0.25, -0.2) is 4.98 Å². The van der Waals surface area contributed by atoms with Crippen LogP contribution in [0.5, 0.6) is 0 Å². The van der Waals surface area contributed by atoms with Crippen molar-refractivity contribution in [1.29, 1.82) is 0 Å². The molecule has 3 aromatic rings. The van der Waals surface area contributed by atoms with E-state index >= 15 is 0 Å². The van der Waals surface area contributed by atoms with E-state index < -0.39 is 17.8 Å². The zero-order valence-electron chi connectivity index (χ0n) is 15.1. The van der Waals surface area contributed by atoms with Crippen molar-refractivity contribution in [1.82, 2.24) is 10.3 Å². The molecule has 1 fully saturated rings. The third-order valence-corrected chi connectivity index (χ3v) is 5.46. The molecular weight excluding hydrogens is 413 g/mol. The number of anilines is 2. The Morgan fingerprint density at radius 1 is 1.38 bits per heavy atom. The maximum Gasteiger partial charge on any atom is 0.433 e. The summed E-state index contributed by atoms with van der Waals surface area (Å²) in [6, 6.07) is 0.912. The average Bonchev–Trinajstić information content (AvgIpc) is 3.26. The lowest BCUT2D eigenvalue weighted by molar-refractivity contribution is -0.759. The number of carbonyl (C=O) groups is 1. The van der Waals surface area contributed by atoms with Gasteiger partial charge in [-0.05, 0) is 18.6 Å². The second-order valence-electron chi connectivity index (χ2n) is 6.35. The first-order valence-electron chi connectivity index (χ1n) is 8.54. The molecule has 0 saturated carbocycles. The number of halogens is 3. The Labute approximate surface area is 165 Å². The molecular formula is C16H16F3N6O3S+. The fourth-order valence-corrected chi connectivity index (χ4v) is 4.04. The molecule has 1 aliphatic heterocycles. The monoisotopic (exact) mass is 429 g/mol. The summed E-state index contributed by atoms with van der Waals surface area (Å²) in [6.07, 6.45) is -3.11. The van der Waals surface area contributed by atoms with Gasteiger partial charge >= 0.3 is 12.1 Å². The minimum atomic E-state index is -4.59. The number of nitrogens with zero attached hydrogens (tertiary/aromatic N) is 4. The van der Waals surface area contributed by atoms with Gasteiger partial charge in [0.25, 0.3) is 12.1 Å². The summed E-state index contributed by atoms with van der Waals surface area (Å²) in [4.78, 5) is 17.8. The van der Waals surface area contributed by atoms with Crippen molar-refractivity contribution in [3.63, 3.8) is 0 Å². The molecule has 0 unspecified atom stereocenters. The van der Waals surface area contributed by atoms with Crippen LogP contribution >= 0.6 is 11.3 Å². The van der Waals surface area contributed by atoms with Crippen LogP contribution in [0.1, 0.15) is 20.9 Å². The lowest BCUT2D eigenvalue weighted by Gasteiger charge is -2.18. The summed E-state index contributed by atoms with van der Waals surface area (Å²) < 4.78 is 49.4. The van der Waals surface area contributed by atoms with E-state index in [9.17, 15) is 18.0 Å². The number of pyridine rings is 1. The third-order valence-electron chi connectivity index (χ3n) is 4.36. The number of thiophene rings is 1. The number of aromatic nitrogens is 3. The topological polar surface area (TPSA) is 110 Å². The van der Waals surface area contributed by atoms with E-state index in [1.165, 1.54) is 17.9 Å². The quantitative estimate of drug-likeness (QED) is 0.610. The van der Waals surface area contributed by atoms with Crippen molar-refractivity contribution in [3.8, 4) is 0 Å². The molecule has 0 bridgehead atoms. The van der Waals surface area contributed by atoms with Gasteiger partial charge in [-0.15, -0.1) is 16.3 Å². The first-order valence-corrected chi connectivity index (χ1v) is 9.35. The Bertz CT molecular complexity index is 1070. The summed E-state index contributed by atoms with van der Waals surface area (Å²) in [5.74, 6) is -0.553. The van der Waals surface area contributed by atoms with Crippen LogP contribution in [0.4, 0.5) is 24.7 Å². The number of alkyl halides is 3. The molecule has 4 rings (SSSR count). The van der Waals surface area contributed by atoms with Crippen molar-refractivity contribution in [2.45, 2.75) is 13.1 Å². The number of amides is 1. The minimum absolute atomic E-state index is 0.0425. The molecule has 3 N–H and O–H groups in total. The normalized spacial score (nSPS) is 15.1. The van der Waals surface area contributed by atoms with Crippen LogP contribution in [-0.2, 0) is 10.9 Å². The van der Waals surface area contributed by atoms with Crippen LogP contribution in [-0.4, -0.2) is 42.5 Å². The van der Waals surface area contributed by atoms with E-state index in [1.54, 1.807) is 0 Å². The van der Waals surface area contributed by atoms with E-state index in [-0.39, 0.29) is 21.3 Å². The molecule has 9 nitrogen and oxygen atoms in total. The Kier molecular flexibility index (Phi) is 4.78. The molecule has 1 aliphatic rings. The lowest BCUT2D eigenvalue weighted by Crippen LogP contribution is -2.62. The number of rotatable bonds is 3. The summed E-state index contributed by atoms with van der Waals surface area (Å²) in [5.41, 5.74) is 5.36. The number of carbonyl (C=O) groups excluding carboxylic acids is 1. The zero-order valence-corrected chi connectivity index (χ0v) is 15.9. The van der Waals surface area contributed by atoms with Crippen molar-refractivity contribution in [2.24, 2.45) is 0 Å². The summed E-state index contributed by atoms with van der Waals surface area (Å²) in [6.45, 7) is 3.81. The highest BCUT2D eigenvalue weighted by molar-refractivity contribution is 7.21. The van der Waals surface area contributed by atoms with E-state index in [4.69, 9.17) is 15.0 Å². The third kappa shape index (κ3) is 3.70. The van der Waals surface area contributed by atoms with Gasteiger partial charge < -0.3 is 10.5 Å². The van der Waals surface area contributed by atoms with Gasteiger partial charge in [0, 0.05) is 5.39 Å². The molecule has 154 valence electrons. The van der Waals surface area contributed by atoms with Crippen LogP contribution in [0.15, 0.2) is 16.8 Å². The first-order chi connectivity index (χ1) is 13.7. The van der Waals surface area contributed by atoms with Crippen LogP contribution < -0.4 is 20.9 Å². The molecule has 0 radical (unpaired) electrons. The van der Waals surface area contributed by atoms with Gasteiger partial charge in [0.05, 0.1) is 36.8 Å². The largest absolute Gasteiger partial charge is 0.433 e. The summed E-state index contributed by atoms with van der Waals surface area (Å²) >= 11 is 0.787. The van der Waals surface area contributed by atoms with Crippen LogP contribution in [0.25, 0.3) is 10.2 Å². The highest BCUT2D eigenvalue weighted by Crippen LogP contribution is 2.38. The second kappa shape index (κ2) is 7.15. The number of nitrogens with two attached hydrogens (primary N) is 1. The average molecular weight is 429 g/mol.